The molecule has 0 heterocycles. The number of esters is 1. The number of hydrogen-bond acceptors (Lipinski definition) is 4. The first-order chi connectivity index (χ1) is 7.67. The van der Waals surface area contributed by atoms with E-state index in [-0.39, 0.29) is 12.0 Å². The van der Waals surface area contributed by atoms with Gasteiger partial charge in [0.15, 0.2) is 0 Å². The SMILES string of the molecule is CNC(COC1CCC(C)CC1)C(=O)OC. The fraction of sp³-hybridized carbons (Fsp3) is 0.917. The van der Waals surface area contributed by atoms with Crippen LogP contribution in [0.5, 0.6) is 0 Å². The maximum Gasteiger partial charge on any atom is 0.325 e. The summed E-state index contributed by atoms with van der Waals surface area (Å²) in [5.41, 5.74) is 0. The molecule has 0 bridgehead atoms. The van der Waals surface area contributed by atoms with E-state index in [9.17, 15) is 4.79 Å². The van der Waals surface area contributed by atoms with Gasteiger partial charge in [0.2, 0.25) is 0 Å². The molecule has 1 atom stereocenters. The van der Waals surface area contributed by atoms with Gasteiger partial charge in [-0.15, -0.1) is 0 Å². The maximum atomic E-state index is 11.3. The van der Waals surface area contributed by atoms with Gasteiger partial charge >= 0.3 is 5.97 Å². The molecule has 94 valence electrons. The number of hydrogen-bond donors (Lipinski definition) is 1. The fourth-order valence-corrected chi connectivity index (χ4v) is 2.04. The highest BCUT2D eigenvalue weighted by Crippen LogP contribution is 2.25. The van der Waals surface area contributed by atoms with Gasteiger partial charge in [-0.05, 0) is 38.6 Å². The van der Waals surface area contributed by atoms with Crippen molar-refractivity contribution in [2.24, 2.45) is 5.92 Å². The molecule has 0 radical (unpaired) electrons. The highest BCUT2D eigenvalue weighted by Gasteiger charge is 2.22. The van der Waals surface area contributed by atoms with Gasteiger partial charge in [-0.2, -0.15) is 0 Å². The van der Waals surface area contributed by atoms with Crippen molar-refractivity contribution in [3.05, 3.63) is 0 Å². The van der Waals surface area contributed by atoms with Crippen LogP contribution in [0.25, 0.3) is 0 Å². The summed E-state index contributed by atoms with van der Waals surface area (Å²) in [5.74, 6) is 0.562. The average Bonchev–Trinajstić information content (AvgIpc) is 2.31. The number of carbonyl (C=O) groups excluding carboxylic acids is 1. The van der Waals surface area contributed by atoms with E-state index in [1.165, 1.54) is 20.0 Å². The Balaban J connectivity index is 2.24. The van der Waals surface area contributed by atoms with Crippen molar-refractivity contribution in [3.8, 4) is 0 Å². The Bertz CT molecular complexity index is 212. The lowest BCUT2D eigenvalue weighted by Crippen LogP contribution is -2.40. The van der Waals surface area contributed by atoms with Crippen LogP contribution in [0.4, 0.5) is 0 Å². The van der Waals surface area contributed by atoms with Crippen LogP contribution >= 0.6 is 0 Å². The minimum absolute atomic E-state index is 0.258. The molecular weight excluding hydrogens is 206 g/mol. The normalized spacial score (nSPS) is 27.4. The largest absolute Gasteiger partial charge is 0.468 e. The second-order valence-corrected chi connectivity index (χ2v) is 4.58. The standard InChI is InChI=1S/C12H23NO3/c1-9-4-6-10(7-5-9)16-8-11(13-2)12(14)15-3/h9-11,13H,4-8H2,1-3H3. The second kappa shape index (κ2) is 6.86. The van der Waals surface area contributed by atoms with Gasteiger partial charge in [-0.3, -0.25) is 4.79 Å². The quantitative estimate of drug-likeness (QED) is 0.723. The van der Waals surface area contributed by atoms with Crippen LogP contribution in [0.2, 0.25) is 0 Å². The Hall–Kier alpha value is -0.610. The summed E-state index contributed by atoms with van der Waals surface area (Å²) in [6.07, 6.45) is 4.99. The summed E-state index contributed by atoms with van der Waals surface area (Å²) in [6, 6.07) is -0.343. The van der Waals surface area contributed by atoms with Crippen LogP contribution in [0.15, 0.2) is 0 Å². The van der Waals surface area contributed by atoms with Crippen LogP contribution in [0.1, 0.15) is 32.6 Å². The van der Waals surface area contributed by atoms with E-state index in [4.69, 9.17) is 4.74 Å². The van der Waals surface area contributed by atoms with E-state index in [1.54, 1.807) is 7.05 Å². The molecule has 4 heteroatoms. The molecule has 1 aliphatic rings. The molecule has 0 spiro atoms. The third-order valence-electron chi connectivity index (χ3n) is 3.30. The monoisotopic (exact) mass is 229 g/mol. The molecule has 1 unspecified atom stereocenters. The van der Waals surface area contributed by atoms with Gasteiger partial charge < -0.3 is 14.8 Å². The third-order valence-corrected chi connectivity index (χ3v) is 3.30. The van der Waals surface area contributed by atoms with Gasteiger partial charge in [-0.25, -0.2) is 0 Å². The minimum atomic E-state index is -0.343. The topological polar surface area (TPSA) is 47.6 Å². The van der Waals surface area contributed by atoms with Gasteiger partial charge in [0.05, 0.1) is 19.8 Å². The van der Waals surface area contributed by atoms with Crippen molar-refractivity contribution in [3.63, 3.8) is 0 Å². The molecule has 0 aromatic rings. The molecule has 0 amide bonds. The summed E-state index contributed by atoms with van der Waals surface area (Å²) in [5, 5.41) is 2.90. The van der Waals surface area contributed by atoms with E-state index in [0.29, 0.717) is 12.7 Å². The van der Waals surface area contributed by atoms with Crippen molar-refractivity contribution < 1.29 is 14.3 Å². The maximum absolute atomic E-state index is 11.3. The lowest BCUT2D eigenvalue weighted by molar-refractivity contribution is -0.145. The molecule has 0 aromatic carbocycles. The molecule has 1 rings (SSSR count). The lowest BCUT2D eigenvalue weighted by Gasteiger charge is -2.27. The smallest absolute Gasteiger partial charge is 0.325 e. The van der Waals surface area contributed by atoms with Crippen molar-refractivity contribution in [2.45, 2.75) is 44.8 Å². The zero-order valence-corrected chi connectivity index (χ0v) is 10.5. The number of methoxy groups -OCH3 is 1. The van der Waals surface area contributed by atoms with E-state index in [0.717, 1.165) is 18.8 Å². The van der Waals surface area contributed by atoms with Crippen LogP contribution < -0.4 is 5.32 Å². The Kier molecular flexibility index (Phi) is 5.77. The Labute approximate surface area is 97.7 Å². The van der Waals surface area contributed by atoms with E-state index < -0.39 is 0 Å². The number of ether oxygens (including phenoxy) is 2. The summed E-state index contributed by atoms with van der Waals surface area (Å²) < 4.78 is 10.4. The summed E-state index contributed by atoms with van der Waals surface area (Å²) in [4.78, 5) is 11.3. The zero-order valence-electron chi connectivity index (χ0n) is 10.5. The Morgan fingerprint density at radius 3 is 2.50 bits per heavy atom. The average molecular weight is 229 g/mol. The zero-order chi connectivity index (χ0) is 12.0. The molecule has 4 nitrogen and oxygen atoms in total. The predicted molar refractivity (Wildman–Crippen MR) is 62.2 cm³/mol. The molecule has 0 aromatic heterocycles. The number of carbonyl (C=O) groups is 1. The molecular formula is C12H23NO3. The van der Waals surface area contributed by atoms with Gasteiger partial charge in [0, 0.05) is 0 Å². The summed E-state index contributed by atoms with van der Waals surface area (Å²) in [6.45, 7) is 2.68. The van der Waals surface area contributed by atoms with Crippen molar-refractivity contribution in [2.75, 3.05) is 20.8 Å². The highest BCUT2D eigenvalue weighted by atomic mass is 16.5. The molecule has 0 aliphatic heterocycles. The molecule has 1 aliphatic carbocycles. The van der Waals surface area contributed by atoms with Crippen molar-refractivity contribution in [1.29, 1.82) is 0 Å². The number of nitrogens with one attached hydrogen (secondary N) is 1. The van der Waals surface area contributed by atoms with Crippen LogP contribution in [0, 0.1) is 5.92 Å². The summed E-state index contributed by atoms with van der Waals surface area (Å²) in [7, 11) is 3.14. The first kappa shape index (κ1) is 13.5. The van der Waals surface area contributed by atoms with Crippen LogP contribution in [-0.2, 0) is 14.3 Å². The molecule has 1 fully saturated rings. The molecule has 0 saturated heterocycles. The highest BCUT2D eigenvalue weighted by molar-refractivity contribution is 5.75. The number of rotatable bonds is 5. The van der Waals surface area contributed by atoms with E-state index >= 15 is 0 Å². The lowest BCUT2D eigenvalue weighted by atomic mass is 9.89. The van der Waals surface area contributed by atoms with Crippen molar-refractivity contribution >= 4 is 5.97 Å². The van der Waals surface area contributed by atoms with Crippen LogP contribution in [-0.4, -0.2) is 38.9 Å². The van der Waals surface area contributed by atoms with E-state index in [1.807, 2.05) is 0 Å². The van der Waals surface area contributed by atoms with Gasteiger partial charge in [0.1, 0.15) is 6.04 Å². The van der Waals surface area contributed by atoms with Gasteiger partial charge in [0.25, 0.3) is 0 Å². The Morgan fingerprint density at radius 1 is 1.38 bits per heavy atom. The third kappa shape index (κ3) is 4.10. The first-order valence-electron chi connectivity index (χ1n) is 6.04. The van der Waals surface area contributed by atoms with Gasteiger partial charge in [-0.1, -0.05) is 6.92 Å². The minimum Gasteiger partial charge on any atom is -0.468 e. The molecule has 16 heavy (non-hydrogen) atoms. The van der Waals surface area contributed by atoms with Crippen LogP contribution in [0.3, 0.4) is 0 Å². The van der Waals surface area contributed by atoms with Crippen molar-refractivity contribution in [1.82, 2.24) is 5.32 Å². The second-order valence-electron chi connectivity index (χ2n) is 4.58. The first-order valence-corrected chi connectivity index (χ1v) is 6.04. The predicted octanol–water partition coefficient (Wildman–Crippen LogP) is 1.34. The molecule has 1 saturated carbocycles. The fourth-order valence-electron chi connectivity index (χ4n) is 2.04. The number of likely N-dealkylation sites (N-methyl/N-ethyl adjacent to an activating group) is 1. The van der Waals surface area contributed by atoms with E-state index in [2.05, 4.69) is 17.0 Å². The summed E-state index contributed by atoms with van der Waals surface area (Å²) >= 11 is 0. The Morgan fingerprint density at radius 2 is 2.00 bits per heavy atom. The molecule has 1 N–H and O–H groups in total.